The second-order valence-corrected chi connectivity index (χ2v) is 7.43. The molecule has 1 N–H and O–H groups in total. The molecular formula is C19H31N5O2. The molecular weight excluding hydrogens is 330 g/mol. The van der Waals surface area contributed by atoms with Gasteiger partial charge in [0.05, 0.1) is 6.61 Å². The molecule has 3 rings (SSSR count). The highest BCUT2D eigenvalue weighted by molar-refractivity contribution is 5.67. The van der Waals surface area contributed by atoms with Crippen LogP contribution < -0.4 is 10.2 Å². The van der Waals surface area contributed by atoms with E-state index in [2.05, 4.69) is 33.2 Å². The molecule has 2 aliphatic heterocycles. The van der Waals surface area contributed by atoms with Crippen molar-refractivity contribution in [3.05, 3.63) is 11.9 Å². The fourth-order valence-electron chi connectivity index (χ4n) is 3.66. The number of hydrogen-bond acceptors (Lipinski definition) is 6. The Bertz CT molecular complexity index is 608. The first kappa shape index (κ1) is 18.7. The molecule has 2 aliphatic rings. The van der Waals surface area contributed by atoms with Crippen LogP contribution in [0.25, 0.3) is 0 Å². The van der Waals surface area contributed by atoms with Crippen LogP contribution in [0, 0.1) is 12.8 Å². The van der Waals surface area contributed by atoms with Crippen molar-refractivity contribution in [1.29, 1.82) is 0 Å². The van der Waals surface area contributed by atoms with E-state index >= 15 is 0 Å². The van der Waals surface area contributed by atoms with Crippen LogP contribution in [-0.2, 0) is 4.74 Å². The van der Waals surface area contributed by atoms with E-state index in [0.29, 0.717) is 12.6 Å². The smallest absolute Gasteiger partial charge is 0.409 e. The molecule has 26 heavy (non-hydrogen) atoms. The molecule has 2 fully saturated rings. The molecule has 0 spiro atoms. The molecule has 3 heterocycles. The Morgan fingerprint density at radius 1 is 1.19 bits per heavy atom. The summed E-state index contributed by atoms with van der Waals surface area (Å²) in [5.74, 6) is 3.51. The van der Waals surface area contributed by atoms with Gasteiger partial charge in [-0.3, -0.25) is 0 Å². The van der Waals surface area contributed by atoms with E-state index in [1.54, 1.807) is 4.90 Å². The van der Waals surface area contributed by atoms with Crippen LogP contribution in [0.2, 0.25) is 0 Å². The molecule has 0 unspecified atom stereocenters. The first-order chi connectivity index (χ1) is 12.5. The summed E-state index contributed by atoms with van der Waals surface area (Å²) in [7, 11) is 0. The highest BCUT2D eigenvalue weighted by Gasteiger charge is 2.24. The van der Waals surface area contributed by atoms with Gasteiger partial charge in [0.15, 0.2) is 0 Å². The Kier molecular flexibility index (Phi) is 6.16. The summed E-state index contributed by atoms with van der Waals surface area (Å²) in [5.41, 5.74) is 0. The van der Waals surface area contributed by atoms with Crippen molar-refractivity contribution in [2.24, 2.45) is 5.92 Å². The van der Waals surface area contributed by atoms with Crippen LogP contribution >= 0.6 is 0 Å². The quantitative estimate of drug-likeness (QED) is 0.889. The lowest BCUT2D eigenvalue weighted by molar-refractivity contribution is 0.0983. The number of carbonyl (C=O) groups excluding carboxylic acids is 1. The number of nitrogens with one attached hydrogen (secondary N) is 1. The second kappa shape index (κ2) is 8.56. The van der Waals surface area contributed by atoms with Crippen molar-refractivity contribution in [2.75, 3.05) is 43.0 Å². The fraction of sp³-hybridized carbons (Fsp3) is 0.737. The highest BCUT2D eigenvalue weighted by Crippen LogP contribution is 2.24. The Morgan fingerprint density at radius 2 is 1.88 bits per heavy atom. The first-order valence-corrected chi connectivity index (χ1v) is 9.84. The minimum atomic E-state index is -0.203. The molecule has 1 amide bonds. The van der Waals surface area contributed by atoms with Gasteiger partial charge in [-0.2, -0.15) is 0 Å². The van der Waals surface area contributed by atoms with Gasteiger partial charge in [0.25, 0.3) is 0 Å². The average molecular weight is 361 g/mol. The third-order valence-corrected chi connectivity index (χ3v) is 5.31. The molecule has 0 bridgehead atoms. The molecule has 2 saturated heterocycles. The molecule has 0 aliphatic carbocycles. The van der Waals surface area contributed by atoms with Crippen molar-refractivity contribution in [2.45, 2.75) is 52.5 Å². The lowest BCUT2D eigenvalue weighted by Gasteiger charge is -2.33. The monoisotopic (exact) mass is 361 g/mol. The van der Waals surface area contributed by atoms with Gasteiger partial charge in [0.1, 0.15) is 17.5 Å². The van der Waals surface area contributed by atoms with Crippen molar-refractivity contribution in [3.63, 3.8) is 0 Å². The SMILES string of the molecule is CCOC(=O)N1CCC(Nc2cc(N3CCC(C)CC3)nc(C)n2)CC1. The third kappa shape index (κ3) is 4.77. The second-order valence-electron chi connectivity index (χ2n) is 7.43. The number of hydrogen-bond donors (Lipinski definition) is 1. The van der Waals surface area contributed by atoms with Gasteiger partial charge < -0.3 is 19.9 Å². The number of likely N-dealkylation sites (tertiary alicyclic amines) is 1. The number of anilines is 2. The highest BCUT2D eigenvalue weighted by atomic mass is 16.6. The Hall–Kier alpha value is -2.05. The van der Waals surface area contributed by atoms with Gasteiger partial charge >= 0.3 is 6.09 Å². The molecule has 0 radical (unpaired) electrons. The number of ether oxygens (including phenoxy) is 1. The summed E-state index contributed by atoms with van der Waals surface area (Å²) in [5, 5.41) is 3.54. The molecule has 1 aromatic rings. The molecule has 0 saturated carbocycles. The van der Waals surface area contributed by atoms with Crippen LogP contribution in [0.15, 0.2) is 6.07 Å². The van der Waals surface area contributed by atoms with Crippen LogP contribution in [0.1, 0.15) is 45.4 Å². The number of aromatic nitrogens is 2. The van der Waals surface area contributed by atoms with Crippen LogP contribution in [0.5, 0.6) is 0 Å². The normalized spacial score (nSPS) is 19.5. The van der Waals surface area contributed by atoms with Crippen molar-refractivity contribution < 1.29 is 9.53 Å². The van der Waals surface area contributed by atoms with Gasteiger partial charge in [-0.1, -0.05) is 6.92 Å². The maximum atomic E-state index is 11.8. The maximum absolute atomic E-state index is 11.8. The van der Waals surface area contributed by atoms with Crippen LogP contribution in [-0.4, -0.2) is 59.8 Å². The van der Waals surface area contributed by atoms with E-state index in [1.807, 2.05) is 13.8 Å². The number of nitrogens with zero attached hydrogens (tertiary/aromatic N) is 4. The fourth-order valence-corrected chi connectivity index (χ4v) is 3.66. The van der Waals surface area contributed by atoms with Crippen LogP contribution in [0.4, 0.5) is 16.4 Å². The molecule has 0 atom stereocenters. The first-order valence-electron chi connectivity index (χ1n) is 9.84. The zero-order chi connectivity index (χ0) is 18.5. The molecule has 144 valence electrons. The van der Waals surface area contributed by atoms with E-state index in [-0.39, 0.29) is 6.09 Å². The minimum absolute atomic E-state index is 0.203. The Morgan fingerprint density at radius 3 is 2.54 bits per heavy atom. The summed E-state index contributed by atoms with van der Waals surface area (Å²) < 4.78 is 5.08. The number of carbonyl (C=O) groups is 1. The minimum Gasteiger partial charge on any atom is -0.450 e. The zero-order valence-corrected chi connectivity index (χ0v) is 16.2. The van der Waals surface area contributed by atoms with Gasteiger partial charge in [-0.05, 0) is 45.4 Å². The maximum Gasteiger partial charge on any atom is 0.409 e. The Labute approximate surface area is 156 Å². The summed E-state index contributed by atoms with van der Waals surface area (Å²) >= 11 is 0. The van der Waals surface area contributed by atoms with Crippen molar-refractivity contribution in [1.82, 2.24) is 14.9 Å². The van der Waals surface area contributed by atoms with Crippen molar-refractivity contribution >= 4 is 17.7 Å². The summed E-state index contributed by atoms with van der Waals surface area (Å²) in [6.07, 6.45) is 4.04. The number of aryl methyl sites for hydroxylation is 1. The van der Waals surface area contributed by atoms with E-state index in [9.17, 15) is 4.79 Å². The van der Waals surface area contributed by atoms with Gasteiger partial charge in [-0.15, -0.1) is 0 Å². The van der Waals surface area contributed by atoms with E-state index < -0.39 is 0 Å². The van der Waals surface area contributed by atoms with Gasteiger partial charge in [0, 0.05) is 38.3 Å². The predicted octanol–water partition coefficient (Wildman–Crippen LogP) is 3.05. The zero-order valence-electron chi connectivity index (χ0n) is 16.2. The topological polar surface area (TPSA) is 70.6 Å². The average Bonchev–Trinajstić information content (AvgIpc) is 2.62. The lowest BCUT2D eigenvalue weighted by atomic mass is 9.99. The Balaban J connectivity index is 1.58. The molecule has 7 nitrogen and oxygen atoms in total. The van der Waals surface area contributed by atoms with Gasteiger partial charge in [0.2, 0.25) is 0 Å². The lowest BCUT2D eigenvalue weighted by Crippen LogP contribution is -2.42. The van der Waals surface area contributed by atoms with Gasteiger partial charge in [-0.25, -0.2) is 14.8 Å². The molecule has 1 aromatic heterocycles. The molecule has 0 aromatic carbocycles. The summed E-state index contributed by atoms with van der Waals surface area (Å²) in [6, 6.07) is 2.39. The largest absolute Gasteiger partial charge is 0.450 e. The number of rotatable bonds is 4. The van der Waals surface area contributed by atoms with E-state index in [4.69, 9.17) is 4.74 Å². The number of piperidine rings is 2. The van der Waals surface area contributed by atoms with E-state index in [0.717, 1.165) is 62.4 Å². The van der Waals surface area contributed by atoms with E-state index in [1.165, 1.54) is 12.8 Å². The standard InChI is InChI=1S/C19H31N5O2/c1-4-26-19(25)24-11-7-16(8-12-24)22-17-13-18(21-15(3)20-17)23-9-5-14(2)6-10-23/h13-14,16H,4-12H2,1-3H3,(H,20,21,22). The third-order valence-electron chi connectivity index (χ3n) is 5.31. The van der Waals surface area contributed by atoms with Crippen LogP contribution in [0.3, 0.4) is 0 Å². The number of amides is 1. The predicted molar refractivity (Wildman–Crippen MR) is 103 cm³/mol. The molecule has 7 heteroatoms. The summed E-state index contributed by atoms with van der Waals surface area (Å²) in [6.45, 7) is 10.1. The van der Waals surface area contributed by atoms with Crippen molar-refractivity contribution in [3.8, 4) is 0 Å². The summed E-state index contributed by atoms with van der Waals surface area (Å²) in [4.78, 5) is 25.2.